The van der Waals surface area contributed by atoms with Gasteiger partial charge in [0.1, 0.15) is 5.82 Å². The summed E-state index contributed by atoms with van der Waals surface area (Å²) in [7, 11) is 0. The molecule has 0 aliphatic carbocycles. The van der Waals surface area contributed by atoms with Gasteiger partial charge in [-0.1, -0.05) is 19.1 Å². The second-order valence-corrected chi connectivity index (χ2v) is 6.79. The second-order valence-electron chi connectivity index (χ2n) is 6.79. The van der Waals surface area contributed by atoms with Crippen molar-refractivity contribution in [1.82, 2.24) is 10.2 Å². The molecule has 1 atom stereocenters. The molecule has 1 aliphatic rings. The summed E-state index contributed by atoms with van der Waals surface area (Å²) in [6.45, 7) is 5.45. The van der Waals surface area contributed by atoms with E-state index in [9.17, 15) is 14.3 Å². The third-order valence-electron chi connectivity index (χ3n) is 4.71. The van der Waals surface area contributed by atoms with Crippen molar-refractivity contribution in [1.29, 1.82) is 0 Å². The van der Waals surface area contributed by atoms with Gasteiger partial charge in [-0.25, -0.2) is 4.39 Å². The van der Waals surface area contributed by atoms with E-state index < -0.39 is 0 Å². The summed E-state index contributed by atoms with van der Waals surface area (Å²) in [4.78, 5) is 14.4. The fourth-order valence-electron chi connectivity index (χ4n) is 3.04. The molecule has 5 heteroatoms. The van der Waals surface area contributed by atoms with E-state index in [0.717, 1.165) is 50.9 Å². The number of aryl methyl sites for hydroxylation is 1. The fourth-order valence-corrected chi connectivity index (χ4v) is 3.04. The van der Waals surface area contributed by atoms with Crippen molar-refractivity contribution < 1.29 is 14.3 Å². The Kier molecular flexibility index (Phi) is 7.66. The van der Waals surface area contributed by atoms with E-state index in [2.05, 4.69) is 10.2 Å². The Hall–Kier alpha value is -1.46. The van der Waals surface area contributed by atoms with Crippen LogP contribution < -0.4 is 5.32 Å². The summed E-state index contributed by atoms with van der Waals surface area (Å²) in [6.07, 6.45) is 3.92. The van der Waals surface area contributed by atoms with Crippen molar-refractivity contribution >= 4 is 5.91 Å². The van der Waals surface area contributed by atoms with Crippen molar-refractivity contribution in [2.75, 3.05) is 26.2 Å². The molecule has 24 heavy (non-hydrogen) atoms. The molecule has 134 valence electrons. The first-order valence-electron chi connectivity index (χ1n) is 8.97. The van der Waals surface area contributed by atoms with E-state index in [1.54, 1.807) is 6.07 Å². The van der Waals surface area contributed by atoms with Crippen LogP contribution in [0.25, 0.3) is 0 Å². The SMILES string of the molecule is CC(CCc1cccc(F)c1)C(=O)NCCCN1CCC(O)CC1. The average Bonchev–Trinajstić information content (AvgIpc) is 2.58. The number of nitrogens with one attached hydrogen (secondary N) is 1. The summed E-state index contributed by atoms with van der Waals surface area (Å²) < 4.78 is 13.1. The minimum atomic E-state index is -0.227. The molecule has 1 saturated heterocycles. The van der Waals surface area contributed by atoms with Gasteiger partial charge in [0.05, 0.1) is 6.10 Å². The average molecular weight is 336 g/mol. The summed E-state index contributed by atoms with van der Waals surface area (Å²) in [6, 6.07) is 6.56. The lowest BCUT2D eigenvalue weighted by atomic mass is 10.0. The molecule has 1 aliphatic heterocycles. The zero-order valence-corrected chi connectivity index (χ0v) is 14.5. The Bertz CT molecular complexity index is 516. The number of aliphatic hydroxyl groups excluding tert-OH is 1. The van der Waals surface area contributed by atoms with Gasteiger partial charge in [-0.3, -0.25) is 4.79 Å². The van der Waals surface area contributed by atoms with Crippen LogP contribution in [-0.2, 0) is 11.2 Å². The number of carbonyl (C=O) groups is 1. The summed E-state index contributed by atoms with van der Waals surface area (Å²) in [5, 5.41) is 12.5. The van der Waals surface area contributed by atoms with Gasteiger partial charge in [-0.15, -0.1) is 0 Å². The standard InChI is InChI=1S/C19H29FN2O2/c1-15(6-7-16-4-2-5-17(20)14-16)19(24)21-10-3-11-22-12-8-18(23)9-13-22/h2,4-5,14-15,18,23H,3,6-13H2,1H3,(H,21,24). The Labute approximate surface area is 144 Å². The van der Waals surface area contributed by atoms with Crippen molar-refractivity contribution in [3.8, 4) is 0 Å². The number of hydrogen-bond acceptors (Lipinski definition) is 3. The van der Waals surface area contributed by atoms with E-state index in [0.29, 0.717) is 13.0 Å². The Balaban J connectivity index is 1.58. The number of amides is 1. The fraction of sp³-hybridized carbons (Fsp3) is 0.632. The number of piperidine rings is 1. The summed E-state index contributed by atoms with van der Waals surface area (Å²) in [5.41, 5.74) is 0.932. The lowest BCUT2D eigenvalue weighted by molar-refractivity contribution is -0.124. The monoisotopic (exact) mass is 336 g/mol. The van der Waals surface area contributed by atoms with Crippen molar-refractivity contribution in [2.45, 2.75) is 45.1 Å². The van der Waals surface area contributed by atoms with Crippen LogP contribution in [0.3, 0.4) is 0 Å². The van der Waals surface area contributed by atoms with E-state index >= 15 is 0 Å². The van der Waals surface area contributed by atoms with E-state index in [4.69, 9.17) is 0 Å². The molecule has 1 fully saturated rings. The quantitative estimate of drug-likeness (QED) is 0.717. The zero-order valence-electron chi connectivity index (χ0n) is 14.5. The van der Waals surface area contributed by atoms with E-state index in [-0.39, 0.29) is 23.7 Å². The molecular formula is C19H29FN2O2. The molecule has 1 amide bonds. The van der Waals surface area contributed by atoms with Crippen LogP contribution in [0.4, 0.5) is 4.39 Å². The van der Waals surface area contributed by atoms with Crippen LogP contribution in [0.2, 0.25) is 0 Å². The van der Waals surface area contributed by atoms with Crippen molar-refractivity contribution in [3.63, 3.8) is 0 Å². The highest BCUT2D eigenvalue weighted by Crippen LogP contribution is 2.12. The molecule has 1 unspecified atom stereocenters. The van der Waals surface area contributed by atoms with Gasteiger partial charge in [0.25, 0.3) is 0 Å². The minimum absolute atomic E-state index is 0.0699. The predicted molar refractivity (Wildman–Crippen MR) is 93.2 cm³/mol. The maximum absolute atomic E-state index is 13.1. The summed E-state index contributed by atoms with van der Waals surface area (Å²) in [5.74, 6) is -0.228. The van der Waals surface area contributed by atoms with Gasteiger partial charge in [-0.2, -0.15) is 0 Å². The molecule has 0 aromatic heterocycles. The van der Waals surface area contributed by atoms with Crippen LogP contribution in [0.5, 0.6) is 0 Å². The zero-order chi connectivity index (χ0) is 17.4. The highest BCUT2D eigenvalue weighted by Gasteiger charge is 2.16. The molecule has 1 heterocycles. The molecule has 2 N–H and O–H groups in total. The maximum atomic E-state index is 13.1. The van der Waals surface area contributed by atoms with Crippen LogP contribution >= 0.6 is 0 Å². The van der Waals surface area contributed by atoms with Gasteiger partial charge in [0, 0.05) is 25.6 Å². The van der Waals surface area contributed by atoms with Crippen molar-refractivity contribution in [2.24, 2.45) is 5.92 Å². The topological polar surface area (TPSA) is 52.6 Å². The Morgan fingerprint density at radius 2 is 2.17 bits per heavy atom. The number of likely N-dealkylation sites (tertiary alicyclic amines) is 1. The Morgan fingerprint density at radius 3 is 2.88 bits per heavy atom. The molecule has 0 bridgehead atoms. The van der Waals surface area contributed by atoms with Gasteiger partial charge >= 0.3 is 0 Å². The van der Waals surface area contributed by atoms with Gasteiger partial charge in [0.15, 0.2) is 0 Å². The lowest BCUT2D eigenvalue weighted by Crippen LogP contribution is -2.38. The van der Waals surface area contributed by atoms with E-state index in [1.807, 2.05) is 13.0 Å². The highest BCUT2D eigenvalue weighted by atomic mass is 19.1. The first-order chi connectivity index (χ1) is 11.5. The molecule has 1 aromatic rings. The minimum Gasteiger partial charge on any atom is -0.393 e. The number of rotatable bonds is 8. The highest BCUT2D eigenvalue weighted by molar-refractivity contribution is 5.78. The number of carbonyl (C=O) groups excluding carboxylic acids is 1. The van der Waals surface area contributed by atoms with Gasteiger partial charge in [-0.05, 0) is 56.3 Å². The number of halogens is 1. The number of aliphatic hydroxyl groups is 1. The largest absolute Gasteiger partial charge is 0.393 e. The molecule has 4 nitrogen and oxygen atoms in total. The Morgan fingerprint density at radius 1 is 1.42 bits per heavy atom. The molecule has 0 radical (unpaired) electrons. The van der Waals surface area contributed by atoms with Crippen LogP contribution in [-0.4, -0.2) is 48.2 Å². The first-order valence-corrected chi connectivity index (χ1v) is 8.97. The number of hydrogen-bond donors (Lipinski definition) is 2. The molecule has 1 aromatic carbocycles. The van der Waals surface area contributed by atoms with Crippen molar-refractivity contribution in [3.05, 3.63) is 35.6 Å². The van der Waals surface area contributed by atoms with Crippen LogP contribution in [0.1, 0.15) is 38.2 Å². The van der Waals surface area contributed by atoms with Gasteiger partial charge < -0.3 is 15.3 Å². The lowest BCUT2D eigenvalue weighted by Gasteiger charge is -2.29. The normalized spacial score (nSPS) is 17.6. The molecular weight excluding hydrogens is 307 g/mol. The van der Waals surface area contributed by atoms with E-state index in [1.165, 1.54) is 12.1 Å². The summed E-state index contributed by atoms with van der Waals surface area (Å²) >= 11 is 0. The first kappa shape index (κ1) is 18.9. The van der Waals surface area contributed by atoms with Crippen LogP contribution in [0.15, 0.2) is 24.3 Å². The number of benzene rings is 1. The molecule has 0 spiro atoms. The smallest absolute Gasteiger partial charge is 0.222 e. The molecule has 2 rings (SSSR count). The third-order valence-corrected chi connectivity index (χ3v) is 4.71. The number of nitrogens with zero attached hydrogens (tertiary/aromatic N) is 1. The molecule has 0 saturated carbocycles. The van der Waals surface area contributed by atoms with Crippen LogP contribution in [0, 0.1) is 11.7 Å². The third kappa shape index (κ3) is 6.57. The predicted octanol–water partition coefficient (Wildman–Crippen LogP) is 2.36. The maximum Gasteiger partial charge on any atom is 0.222 e. The van der Waals surface area contributed by atoms with Gasteiger partial charge in [0.2, 0.25) is 5.91 Å². The second kappa shape index (κ2) is 9.74.